The van der Waals surface area contributed by atoms with Gasteiger partial charge < -0.3 is 14.8 Å². The molecule has 1 aromatic carbocycles. The van der Waals surface area contributed by atoms with Crippen molar-refractivity contribution in [1.82, 2.24) is 5.32 Å². The molecule has 0 saturated heterocycles. The first kappa shape index (κ1) is 18.7. The molecule has 25 heavy (non-hydrogen) atoms. The van der Waals surface area contributed by atoms with E-state index in [4.69, 9.17) is 9.52 Å². The Labute approximate surface area is 145 Å². The number of benzene rings is 1. The molecule has 8 heteroatoms. The molecule has 2 N–H and O–H groups in total. The number of carboxylic acid groups (broad SMARTS) is 1. The Morgan fingerprint density at radius 1 is 1.20 bits per heavy atom. The number of carboxylic acids is 1. The van der Waals surface area contributed by atoms with E-state index in [0.29, 0.717) is 11.3 Å². The number of aryl methyl sites for hydroxylation is 1. The lowest BCUT2D eigenvalue weighted by Crippen LogP contribution is -2.22. The second-order valence-electron chi connectivity index (χ2n) is 5.79. The molecule has 0 atom stereocenters. The van der Waals surface area contributed by atoms with Crippen LogP contribution in [0.25, 0.3) is 0 Å². The van der Waals surface area contributed by atoms with Crippen LogP contribution >= 0.6 is 0 Å². The fraction of sp³-hybridized carbons (Fsp3) is 0.294. The van der Waals surface area contributed by atoms with Gasteiger partial charge in [0.1, 0.15) is 17.1 Å². The van der Waals surface area contributed by atoms with Crippen molar-refractivity contribution in [2.45, 2.75) is 37.5 Å². The Bertz CT molecular complexity index is 894. The fourth-order valence-corrected chi connectivity index (χ4v) is 3.24. The lowest BCUT2D eigenvalue weighted by molar-refractivity contribution is 0.0694. The topological polar surface area (TPSA) is 114 Å². The lowest BCUT2D eigenvalue weighted by atomic mass is 10.2. The summed E-state index contributed by atoms with van der Waals surface area (Å²) in [5, 5.41) is 11.0. The summed E-state index contributed by atoms with van der Waals surface area (Å²) in [6.45, 7) is 4.74. The fourth-order valence-electron chi connectivity index (χ4n) is 2.18. The summed E-state index contributed by atoms with van der Waals surface area (Å²) in [7, 11) is -3.39. The monoisotopic (exact) mass is 365 g/mol. The first-order valence-corrected chi connectivity index (χ1v) is 9.12. The maximum atomic E-state index is 12.1. The summed E-state index contributed by atoms with van der Waals surface area (Å²) in [4.78, 5) is 23.2. The van der Waals surface area contributed by atoms with Crippen molar-refractivity contribution in [3.05, 3.63) is 53.0 Å². The van der Waals surface area contributed by atoms with Crippen LogP contribution in [0.15, 0.2) is 39.6 Å². The Morgan fingerprint density at radius 2 is 1.80 bits per heavy atom. The molecule has 2 aromatic rings. The van der Waals surface area contributed by atoms with Crippen LogP contribution in [0.2, 0.25) is 0 Å². The van der Waals surface area contributed by atoms with Crippen molar-refractivity contribution in [2.24, 2.45) is 0 Å². The van der Waals surface area contributed by atoms with Gasteiger partial charge in [-0.1, -0.05) is 0 Å². The number of aromatic carboxylic acids is 1. The number of amides is 1. The molecule has 1 aromatic heterocycles. The number of hydrogen-bond acceptors (Lipinski definition) is 5. The summed E-state index contributed by atoms with van der Waals surface area (Å²) in [5.74, 6) is -0.928. The molecule has 1 heterocycles. The molecule has 0 aliphatic rings. The molecular formula is C17H19NO6S. The van der Waals surface area contributed by atoms with Crippen LogP contribution in [0, 0.1) is 6.92 Å². The Balaban J connectivity index is 2.07. The van der Waals surface area contributed by atoms with Gasteiger partial charge in [-0.2, -0.15) is 0 Å². The standard InChI is InChI=1S/C17H19NO6S/c1-10(2)25(22,23)14-6-4-12(5-7-14)16(19)18-9-13-8-15(17(20)21)11(3)24-13/h4-8,10H,9H2,1-3H3,(H,18,19)(H,20,21). The average molecular weight is 365 g/mol. The summed E-state index contributed by atoms with van der Waals surface area (Å²) in [5.41, 5.74) is 0.344. The largest absolute Gasteiger partial charge is 0.478 e. The minimum Gasteiger partial charge on any atom is -0.478 e. The number of nitrogens with one attached hydrogen (secondary N) is 1. The third-order valence-corrected chi connectivity index (χ3v) is 5.86. The molecule has 0 saturated carbocycles. The normalized spacial score (nSPS) is 11.5. The number of hydrogen-bond donors (Lipinski definition) is 2. The Kier molecular flexibility index (Phi) is 5.32. The smallest absolute Gasteiger partial charge is 0.339 e. The van der Waals surface area contributed by atoms with Crippen LogP contribution in [0.5, 0.6) is 0 Å². The van der Waals surface area contributed by atoms with Crippen LogP contribution in [0.1, 0.15) is 46.1 Å². The van der Waals surface area contributed by atoms with Crippen LogP contribution in [0.3, 0.4) is 0 Å². The van der Waals surface area contributed by atoms with E-state index in [9.17, 15) is 18.0 Å². The van der Waals surface area contributed by atoms with E-state index in [0.717, 1.165) is 0 Å². The zero-order valence-electron chi connectivity index (χ0n) is 14.1. The molecule has 0 unspecified atom stereocenters. The molecule has 2 rings (SSSR count). The van der Waals surface area contributed by atoms with Gasteiger partial charge in [-0.05, 0) is 51.1 Å². The van der Waals surface area contributed by atoms with Crippen LogP contribution in [0.4, 0.5) is 0 Å². The van der Waals surface area contributed by atoms with Crippen molar-refractivity contribution in [1.29, 1.82) is 0 Å². The van der Waals surface area contributed by atoms with Crippen molar-refractivity contribution >= 4 is 21.7 Å². The SMILES string of the molecule is Cc1oc(CNC(=O)c2ccc(S(=O)(=O)C(C)C)cc2)cc1C(=O)O. The number of carbonyl (C=O) groups is 2. The van der Waals surface area contributed by atoms with Gasteiger partial charge in [0.15, 0.2) is 9.84 Å². The quantitative estimate of drug-likeness (QED) is 0.812. The highest BCUT2D eigenvalue weighted by Crippen LogP contribution is 2.17. The number of rotatable bonds is 6. The van der Waals surface area contributed by atoms with E-state index in [1.807, 2.05) is 0 Å². The highest BCUT2D eigenvalue weighted by Gasteiger charge is 2.19. The minimum atomic E-state index is -3.39. The molecule has 0 fully saturated rings. The summed E-state index contributed by atoms with van der Waals surface area (Å²) in [6.07, 6.45) is 0. The van der Waals surface area contributed by atoms with Crippen LogP contribution in [-0.4, -0.2) is 30.7 Å². The van der Waals surface area contributed by atoms with Gasteiger partial charge in [0.25, 0.3) is 5.91 Å². The predicted octanol–water partition coefficient (Wildman–Crippen LogP) is 2.40. The summed E-state index contributed by atoms with van der Waals surface area (Å²) < 4.78 is 29.4. The van der Waals surface area contributed by atoms with Crippen LogP contribution < -0.4 is 5.32 Å². The molecule has 0 radical (unpaired) electrons. The van der Waals surface area contributed by atoms with Gasteiger partial charge in [0, 0.05) is 5.56 Å². The summed E-state index contributed by atoms with van der Waals surface area (Å²) in [6, 6.07) is 7.01. The minimum absolute atomic E-state index is 0.0268. The van der Waals surface area contributed by atoms with E-state index in [1.165, 1.54) is 37.3 Å². The predicted molar refractivity (Wildman–Crippen MR) is 90.3 cm³/mol. The van der Waals surface area contributed by atoms with E-state index >= 15 is 0 Å². The zero-order valence-corrected chi connectivity index (χ0v) is 14.9. The molecule has 0 aliphatic heterocycles. The first-order chi connectivity index (χ1) is 11.6. The van der Waals surface area contributed by atoms with E-state index < -0.39 is 27.0 Å². The highest BCUT2D eigenvalue weighted by atomic mass is 32.2. The van der Waals surface area contributed by atoms with E-state index in [2.05, 4.69) is 5.32 Å². The van der Waals surface area contributed by atoms with Gasteiger partial charge >= 0.3 is 5.97 Å². The lowest BCUT2D eigenvalue weighted by Gasteiger charge is -2.08. The van der Waals surface area contributed by atoms with Gasteiger partial charge in [-0.15, -0.1) is 0 Å². The third-order valence-electron chi connectivity index (χ3n) is 3.69. The molecule has 0 bridgehead atoms. The first-order valence-electron chi connectivity index (χ1n) is 7.57. The molecule has 7 nitrogen and oxygen atoms in total. The molecular weight excluding hydrogens is 346 g/mol. The van der Waals surface area contributed by atoms with Gasteiger partial charge in [-0.3, -0.25) is 4.79 Å². The number of furan rings is 1. The molecule has 0 aliphatic carbocycles. The second-order valence-corrected chi connectivity index (χ2v) is 8.29. The van der Waals surface area contributed by atoms with Crippen molar-refractivity contribution in [3.8, 4) is 0 Å². The zero-order chi connectivity index (χ0) is 18.8. The van der Waals surface area contributed by atoms with Gasteiger partial charge in [-0.25, -0.2) is 13.2 Å². The molecule has 0 spiro atoms. The second kappa shape index (κ2) is 7.10. The van der Waals surface area contributed by atoms with E-state index in [-0.39, 0.29) is 22.8 Å². The maximum Gasteiger partial charge on any atom is 0.339 e. The number of sulfone groups is 1. The summed E-state index contributed by atoms with van der Waals surface area (Å²) >= 11 is 0. The highest BCUT2D eigenvalue weighted by molar-refractivity contribution is 7.92. The molecule has 1 amide bonds. The third kappa shape index (κ3) is 4.08. The van der Waals surface area contributed by atoms with Crippen molar-refractivity contribution in [2.75, 3.05) is 0 Å². The molecule has 134 valence electrons. The maximum absolute atomic E-state index is 12.1. The van der Waals surface area contributed by atoms with Crippen LogP contribution in [-0.2, 0) is 16.4 Å². The number of carbonyl (C=O) groups excluding carboxylic acids is 1. The van der Waals surface area contributed by atoms with Gasteiger partial charge in [0.2, 0.25) is 0 Å². The Morgan fingerprint density at radius 3 is 2.28 bits per heavy atom. The van der Waals surface area contributed by atoms with E-state index in [1.54, 1.807) is 13.8 Å². The van der Waals surface area contributed by atoms with Crippen molar-refractivity contribution < 1.29 is 27.5 Å². The van der Waals surface area contributed by atoms with Gasteiger partial charge in [0.05, 0.1) is 16.7 Å². The van der Waals surface area contributed by atoms with Crippen molar-refractivity contribution in [3.63, 3.8) is 0 Å². The average Bonchev–Trinajstić information content (AvgIpc) is 2.93. The Hall–Kier alpha value is -2.61.